The Balaban J connectivity index is 0.00000192. The average Bonchev–Trinajstić information content (AvgIpc) is 2.55. The molecule has 1 atom stereocenters. The molecule has 5 heteroatoms. The molecule has 0 radical (unpaired) electrons. The van der Waals surface area contributed by atoms with Crippen molar-refractivity contribution in [1.29, 1.82) is 0 Å². The molecule has 0 spiro atoms. The molecule has 1 fully saturated rings. The number of fused-ring (bicyclic) bond motifs is 1. The van der Waals surface area contributed by atoms with Gasteiger partial charge < -0.3 is 10.2 Å². The average molecular weight is 402 g/mol. The number of piperidine rings is 1. The van der Waals surface area contributed by atoms with Gasteiger partial charge in [-0.05, 0) is 61.4 Å². The van der Waals surface area contributed by atoms with Crippen LogP contribution in [0.25, 0.3) is 0 Å². The zero-order valence-corrected chi connectivity index (χ0v) is 16.1. The Bertz CT molecular complexity index is 546. The SMILES string of the molecule is CC(CC(=O)N1CCc2cccc(Br)c2C1)C1CCNCC1.Cl. The number of amides is 1. The molecular formula is C18H26BrClN2O. The Hall–Kier alpha value is -0.580. The molecular weight excluding hydrogens is 376 g/mol. The Kier molecular flexibility index (Phi) is 6.93. The molecule has 3 rings (SSSR count). The summed E-state index contributed by atoms with van der Waals surface area (Å²) in [6.45, 7) is 6.08. The van der Waals surface area contributed by atoms with Crippen molar-refractivity contribution in [1.82, 2.24) is 10.2 Å². The third-order valence-corrected chi connectivity index (χ3v) is 6.00. The first-order valence-electron chi connectivity index (χ1n) is 8.40. The molecule has 3 nitrogen and oxygen atoms in total. The van der Waals surface area contributed by atoms with Crippen LogP contribution in [-0.4, -0.2) is 30.4 Å². The summed E-state index contributed by atoms with van der Waals surface area (Å²) in [4.78, 5) is 14.7. The van der Waals surface area contributed by atoms with Crippen LogP contribution in [0.3, 0.4) is 0 Å². The summed E-state index contributed by atoms with van der Waals surface area (Å²) in [6, 6.07) is 6.34. The van der Waals surface area contributed by atoms with Crippen LogP contribution in [0.15, 0.2) is 22.7 Å². The van der Waals surface area contributed by atoms with Crippen molar-refractivity contribution in [2.24, 2.45) is 11.8 Å². The standard InChI is InChI=1S/C18H25BrN2O.ClH/c1-13(14-5-8-20-9-6-14)11-18(22)21-10-7-15-3-2-4-17(19)16(15)12-21;/h2-4,13-14,20H,5-12H2,1H3;1H. The summed E-state index contributed by atoms with van der Waals surface area (Å²) < 4.78 is 1.13. The lowest BCUT2D eigenvalue weighted by atomic mass is 9.83. The van der Waals surface area contributed by atoms with E-state index in [1.165, 1.54) is 24.0 Å². The minimum Gasteiger partial charge on any atom is -0.338 e. The molecule has 0 aromatic heterocycles. The number of carbonyl (C=O) groups excluding carboxylic acids is 1. The Morgan fingerprint density at radius 3 is 2.87 bits per heavy atom. The van der Waals surface area contributed by atoms with Crippen LogP contribution in [0, 0.1) is 11.8 Å². The highest BCUT2D eigenvalue weighted by atomic mass is 79.9. The second-order valence-corrected chi connectivity index (χ2v) is 7.57. The highest BCUT2D eigenvalue weighted by Crippen LogP contribution is 2.29. The molecule has 1 aromatic carbocycles. The molecule has 1 saturated heterocycles. The van der Waals surface area contributed by atoms with Gasteiger partial charge in [0.25, 0.3) is 0 Å². The lowest BCUT2D eigenvalue weighted by molar-refractivity contribution is -0.133. The number of benzene rings is 1. The van der Waals surface area contributed by atoms with Crippen LogP contribution in [-0.2, 0) is 17.8 Å². The van der Waals surface area contributed by atoms with Crippen molar-refractivity contribution in [3.05, 3.63) is 33.8 Å². The molecule has 0 aliphatic carbocycles. The first kappa shape index (κ1) is 18.8. The minimum absolute atomic E-state index is 0. The molecule has 23 heavy (non-hydrogen) atoms. The second-order valence-electron chi connectivity index (χ2n) is 6.71. The predicted octanol–water partition coefficient (Wildman–Crippen LogP) is 3.78. The third kappa shape index (κ3) is 4.49. The van der Waals surface area contributed by atoms with Crippen LogP contribution in [0.5, 0.6) is 0 Å². The largest absolute Gasteiger partial charge is 0.338 e. The first-order valence-corrected chi connectivity index (χ1v) is 9.19. The van der Waals surface area contributed by atoms with Crippen LogP contribution in [0.4, 0.5) is 0 Å². The topological polar surface area (TPSA) is 32.3 Å². The first-order chi connectivity index (χ1) is 10.6. The van der Waals surface area contributed by atoms with Gasteiger partial charge in [0, 0.05) is 24.0 Å². The summed E-state index contributed by atoms with van der Waals surface area (Å²) in [7, 11) is 0. The van der Waals surface area contributed by atoms with E-state index in [4.69, 9.17) is 0 Å². The fraction of sp³-hybridized carbons (Fsp3) is 0.611. The lowest BCUT2D eigenvalue weighted by Crippen LogP contribution is -2.38. The smallest absolute Gasteiger partial charge is 0.223 e. The van der Waals surface area contributed by atoms with Gasteiger partial charge in [-0.3, -0.25) is 4.79 Å². The van der Waals surface area contributed by atoms with Gasteiger partial charge >= 0.3 is 0 Å². The molecule has 1 amide bonds. The van der Waals surface area contributed by atoms with Crippen LogP contribution in [0.2, 0.25) is 0 Å². The zero-order valence-electron chi connectivity index (χ0n) is 13.7. The van der Waals surface area contributed by atoms with Gasteiger partial charge in [0.05, 0.1) is 0 Å². The van der Waals surface area contributed by atoms with E-state index in [2.05, 4.69) is 46.4 Å². The molecule has 1 N–H and O–H groups in total. The van der Waals surface area contributed by atoms with E-state index in [9.17, 15) is 4.79 Å². The van der Waals surface area contributed by atoms with Crippen molar-refractivity contribution in [2.75, 3.05) is 19.6 Å². The van der Waals surface area contributed by atoms with Gasteiger partial charge in [-0.15, -0.1) is 12.4 Å². The monoisotopic (exact) mass is 400 g/mol. The number of nitrogens with one attached hydrogen (secondary N) is 1. The number of nitrogens with zero attached hydrogens (tertiary/aromatic N) is 1. The van der Waals surface area contributed by atoms with Crippen LogP contribution >= 0.6 is 28.3 Å². The summed E-state index contributed by atoms with van der Waals surface area (Å²) in [5, 5.41) is 3.40. The van der Waals surface area contributed by atoms with Gasteiger partial charge in [0.1, 0.15) is 0 Å². The number of rotatable bonds is 3. The van der Waals surface area contributed by atoms with Crippen molar-refractivity contribution < 1.29 is 4.79 Å². The molecule has 128 valence electrons. The summed E-state index contributed by atoms with van der Waals surface area (Å²) >= 11 is 3.63. The van der Waals surface area contributed by atoms with Crippen molar-refractivity contribution >= 4 is 34.2 Å². The fourth-order valence-corrected chi connectivity index (χ4v) is 4.27. The van der Waals surface area contributed by atoms with E-state index in [-0.39, 0.29) is 12.4 Å². The lowest BCUT2D eigenvalue weighted by Gasteiger charge is -2.33. The van der Waals surface area contributed by atoms with E-state index in [0.29, 0.717) is 24.2 Å². The maximum absolute atomic E-state index is 12.7. The Morgan fingerprint density at radius 2 is 2.13 bits per heavy atom. The minimum atomic E-state index is 0. The molecule has 0 bridgehead atoms. The maximum atomic E-state index is 12.7. The number of hydrogen-bond acceptors (Lipinski definition) is 2. The fourth-order valence-electron chi connectivity index (χ4n) is 3.74. The van der Waals surface area contributed by atoms with Crippen LogP contribution in [0.1, 0.15) is 37.3 Å². The van der Waals surface area contributed by atoms with E-state index in [0.717, 1.165) is 37.1 Å². The normalized spacial score (nSPS) is 19.7. The highest BCUT2D eigenvalue weighted by molar-refractivity contribution is 9.10. The molecule has 2 aliphatic heterocycles. The van der Waals surface area contributed by atoms with Crippen LogP contribution < -0.4 is 5.32 Å². The quantitative estimate of drug-likeness (QED) is 0.836. The van der Waals surface area contributed by atoms with E-state index in [1.54, 1.807) is 0 Å². The molecule has 0 saturated carbocycles. The summed E-state index contributed by atoms with van der Waals surface area (Å²) in [5.74, 6) is 1.52. The van der Waals surface area contributed by atoms with E-state index < -0.39 is 0 Å². The third-order valence-electron chi connectivity index (χ3n) is 5.25. The van der Waals surface area contributed by atoms with Crippen molar-refractivity contribution in [3.63, 3.8) is 0 Å². The van der Waals surface area contributed by atoms with Crippen molar-refractivity contribution in [2.45, 2.75) is 39.2 Å². The summed E-state index contributed by atoms with van der Waals surface area (Å²) in [5.41, 5.74) is 2.67. The summed E-state index contributed by atoms with van der Waals surface area (Å²) in [6.07, 6.45) is 4.10. The molecule has 2 aliphatic rings. The van der Waals surface area contributed by atoms with Gasteiger partial charge in [0.2, 0.25) is 5.91 Å². The molecule has 1 aromatic rings. The van der Waals surface area contributed by atoms with Gasteiger partial charge in [-0.25, -0.2) is 0 Å². The number of carbonyl (C=O) groups is 1. The molecule has 2 heterocycles. The van der Waals surface area contributed by atoms with Gasteiger partial charge in [-0.2, -0.15) is 0 Å². The maximum Gasteiger partial charge on any atom is 0.223 e. The molecule has 1 unspecified atom stereocenters. The Morgan fingerprint density at radius 1 is 1.39 bits per heavy atom. The van der Waals surface area contributed by atoms with Gasteiger partial charge in [0.15, 0.2) is 0 Å². The predicted molar refractivity (Wildman–Crippen MR) is 99.9 cm³/mol. The van der Waals surface area contributed by atoms with E-state index >= 15 is 0 Å². The number of hydrogen-bond donors (Lipinski definition) is 1. The van der Waals surface area contributed by atoms with E-state index in [1.807, 2.05) is 4.90 Å². The zero-order chi connectivity index (χ0) is 15.5. The van der Waals surface area contributed by atoms with Crippen molar-refractivity contribution in [3.8, 4) is 0 Å². The number of halogens is 2. The second kappa shape index (κ2) is 8.50. The Labute approximate surface area is 153 Å². The van der Waals surface area contributed by atoms with Gasteiger partial charge in [-0.1, -0.05) is 35.0 Å². The highest BCUT2D eigenvalue weighted by Gasteiger charge is 2.26.